The molecular weight excluding hydrogens is 180 g/mol. The first-order valence-corrected chi connectivity index (χ1v) is 4.51. The number of aromatic nitrogens is 1. The molecule has 0 aromatic carbocycles. The largest absolute Gasteiger partial charge is 0.464 e. The molecule has 0 bridgehead atoms. The van der Waals surface area contributed by atoms with Crippen molar-refractivity contribution in [2.24, 2.45) is 0 Å². The van der Waals surface area contributed by atoms with Gasteiger partial charge in [-0.1, -0.05) is 0 Å². The van der Waals surface area contributed by atoms with Crippen LogP contribution in [0.2, 0.25) is 0 Å². The lowest BCUT2D eigenvalue weighted by Crippen LogP contribution is -2.15. The summed E-state index contributed by atoms with van der Waals surface area (Å²) in [6.07, 6.45) is 2.91. The molecule has 0 aliphatic rings. The first kappa shape index (κ1) is 9.02. The number of anilines is 1. The number of furan rings is 1. The number of pyridine rings is 1. The smallest absolute Gasteiger partial charge is 0.139 e. The molecule has 0 radical (unpaired) electrons. The zero-order valence-electron chi connectivity index (χ0n) is 7.90. The van der Waals surface area contributed by atoms with E-state index in [4.69, 9.17) is 9.52 Å². The van der Waals surface area contributed by atoms with Crippen molar-refractivity contribution in [1.29, 1.82) is 0 Å². The third kappa shape index (κ3) is 1.70. The molecule has 74 valence electrons. The monoisotopic (exact) mass is 192 g/mol. The summed E-state index contributed by atoms with van der Waals surface area (Å²) >= 11 is 0. The van der Waals surface area contributed by atoms with Gasteiger partial charge in [0.15, 0.2) is 0 Å². The van der Waals surface area contributed by atoms with Crippen LogP contribution in [-0.2, 0) is 0 Å². The maximum atomic E-state index is 9.12. The van der Waals surface area contributed by atoms with Crippen LogP contribution >= 0.6 is 0 Å². The summed E-state index contributed by atoms with van der Waals surface area (Å²) in [5, 5.41) is 13.1. The van der Waals surface area contributed by atoms with E-state index in [-0.39, 0.29) is 6.10 Å². The van der Waals surface area contributed by atoms with E-state index in [9.17, 15) is 0 Å². The van der Waals surface area contributed by atoms with Gasteiger partial charge in [-0.2, -0.15) is 0 Å². The Balaban J connectivity index is 2.27. The molecule has 0 aliphatic heterocycles. The molecule has 1 atom stereocenters. The molecule has 0 spiro atoms. The van der Waals surface area contributed by atoms with E-state index >= 15 is 0 Å². The molecule has 2 rings (SSSR count). The van der Waals surface area contributed by atoms with E-state index in [0.717, 1.165) is 16.8 Å². The van der Waals surface area contributed by atoms with Crippen LogP contribution in [0.4, 0.5) is 5.82 Å². The van der Waals surface area contributed by atoms with E-state index in [1.807, 2.05) is 12.1 Å². The Morgan fingerprint density at radius 3 is 3.21 bits per heavy atom. The highest BCUT2D eigenvalue weighted by Crippen LogP contribution is 2.21. The van der Waals surface area contributed by atoms with E-state index in [0.29, 0.717) is 6.54 Å². The molecule has 14 heavy (non-hydrogen) atoms. The fourth-order valence-electron chi connectivity index (χ4n) is 1.28. The van der Waals surface area contributed by atoms with Crippen LogP contribution in [0.5, 0.6) is 0 Å². The normalized spacial score (nSPS) is 13.0. The van der Waals surface area contributed by atoms with Gasteiger partial charge in [0.2, 0.25) is 0 Å². The van der Waals surface area contributed by atoms with Crippen LogP contribution in [-0.4, -0.2) is 22.7 Å². The Kier molecular flexibility index (Phi) is 2.37. The third-order valence-electron chi connectivity index (χ3n) is 1.94. The maximum Gasteiger partial charge on any atom is 0.139 e. The molecule has 4 heteroatoms. The lowest BCUT2D eigenvalue weighted by atomic mass is 10.3. The first-order chi connectivity index (χ1) is 6.77. The van der Waals surface area contributed by atoms with E-state index in [1.54, 1.807) is 19.4 Å². The fraction of sp³-hybridized carbons (Fsp3) is 0.300. The molecule has 2 aromatic heterocycles. The van der Waals surface area contributed by atoms with Gasteiger partial charge in [0.05, 0.1) is 17.8 Å². The Hall–Kier alpha value is -1.55. The van der Waals surface area contributed by atoms with E-state index in [2.05, 4.69) is 10.3 Å². The van der Waals surface area contributed by atoms with Gasteiger partial charge in [-0.15, -0.1) is 0 Å². The highest BCUT2D eigenvalue weighted by molar-refractivity contribution is 5.87. The Morgan fingerprint density at radius 1 is 1.57 bits per heavy atom. The van der Waals surface area contributed by atoms with Gasteiger partial charge in [-0.05, 0) is 19.1 Å². The summed E-state index contributed by atoms with van der Waals surface area (Å²) in [5.41, 5.74) is 0.799. The molecule has 0 saturated heterocycles. The maximum absolute atomic E-state index is 9.12. The SMILES string of the molecule is CC(O)CNc1nccc2occc12. The van der Waals surface area contributed by atoms with Crippen LogP contribution in [0.3, 0.4) is 0 Å². The van der Waals surface area contributed by atoms with Crippen LogP contribution in [0.1, 0.15) is 6.92 Å². The Labute approximate surface area is 81.6 Å². The second kappa shape index (κ2) is 3.67. The van der Waals surface area contributed by atoms with Crippen molar-refractivity contribution in [3.63, 3.8) is 0 Å². The summed E-state index contributed by atoms with van der Waals surface area (Å²) in [6, 6.07) is 3.66. The first-order valence-electron chi connectivity index (χ1n) is 4.51. The minimum atomic E-state index is -0.390. The number of hydrogen-bond acceptors (Lipinski definition) is 4. The number of hydrogen-bond donors (Lipinski definition) is 2. The number of nitrogens with zero attached hydrogens (tertiary/aromatic N) is 1. The number of aliphatic hydroxyl groups is 1. The molecule has 4 nitrogen and oxygen atoms in total. The highest BCUT2D eigenvalue weighted by atomic mass is 16.3. The second-order valence-corrected chi connectivity index (χ2v) is 3.22. The van der Waals surface area contributed by atoms with E-state index < -0.39 is 0 Å². The molecule has 2 heterocycles. The quantitative estimate of drug-likeness (QED) is 0.775. The van der Waals surface area contributed by atoms with Crippen LogP contribution in [0.15, 0.2) is 29.0 Å². The third-order valence-corrected chi connectivity index (χ3v) is 1.94. The Morgan fingerprint density at radius 2 is 2.43 bits per heavy atom. The van der Waals surface area contributed by atoms with Gasteiger partial charge in [0.1, 0.15) is 11.4 Å². The summed E-state index contributed by atoms with van der Waals surface area (Å²) in [6.45, 7) is 2.21. The Bertz CT molecular complexity index is 423. The summed E-state index contributed by atoms with van der Waals surface area (Å²) < 4.78 is 5.22. The lowest BCUT2D eigenvalue weighted by Gasteiger charge is -2.07. The summed E-state index contributed by atoms with van der Waals surface area (Å²) in [5.74, 6) is 0.747. The van der Waals surface area contributed by atoms with Crippen LogP contribution in [0.25, 0.3) is 11.0 Å². The molecular formula is C10H12N2O2. The van der Waals surface area contributed by atoms with Gasteiger partial charge in [0, 0.05) is 12.7 Å². The predicted octanol–water partition coefficient (Wildman–Crippen LogP) is 1.62. The van der Waals surface area contributed by atoms with Crippen molar-refractivity contribution >= 4 is 16.8 Å². The summed E-state index contributed by atoms with van der Waals surface area (Å²) in [4.78, 5) is 4.17. The van der Waals surface area contributed by atoms with Crippen molar-refractivity contribution in [2.45, 2.75) is 13.0 Å². The average Bonchev–Trinajstić information content (AvgIpc) is 2.62. The standard InChI is InChI=1S/C10H12N2O2/c1-7(13)6-12-10-8-3-5-14-9(8)2-4-11-10/h2-5,7,13H,6H2,1H3,(H,11,12). The lowest BCUT2D eigenvalue weighted by molar-refractivity contribution is 0.208. The van der Waals surface area contributed by atoms with Crippen LogP contribution < -0.4 is 5.32 Å². The van der Waals surface area contributed by atoms with Gasteiger partial charge in [-0.3, -0.25) is 0 Å². The predicted molar refractivity (Wildman–Crippen MR) is 54.2 cm³/mol. The van der Waals surface area contributed by atoms with Crippen LogP contribution in [0, 0.1) is 0 Å². The highest BCUT2D eigenvalue weighted by Gasteiger charge is 2.04. The minimum absolute atomic E-state index is 0.390. The number of rotatable bonds is 3. The van der Waals surface area contributed by atoms with Crippen molar-refractivity contribution in [3.05, 3.63) is 24.6 Å². The van der Waals surface area contributed by atoms with Gasteiger partial charge >= 0.3 is 0 Å². The van der Waals surface area contributed by atoms with Gasteiger partial charge in [0.25, 0.3) is 0 Å². The molecule has 0 fully saturated rings. The topological polar surface area (TPSA) is 58.3 Å². The molecule has 0 aliphatic carbocycles. The van der Waals surface area contributed by atoms with E-state index in [1.165, 1.54) is 0 Å². The second-order valence-electron chi connectivity index (χ2n) is 3.22. The van der Waals surface area contributed by atoms with Gasteiger partial charge < -0.3 is 14.8 Å². The van der Waals surface area contributed by atoms with Gasteiger partial charge in [-0.25, -0.2) is 4.98 Å². The fourth-order valence-corrected chi connectivity index (χ4v) is 1.28. The summed E-state index contributed by atoms with van der Waals surface area (Å²) in [7, 11) is 0. The van der Waals surface area contributed by atoms with Crippen molar-refractivity contribution in [1.82, 2.24) is 4.98 Å². The number of nitrogens with one attached hydrogen (secondary N) is 1. The molecule has 2 N–H and O–H groups in total. The number of fused-ring (bicyclic) bond motifs is 1. The zero-order chi connectivity index (χ0) is 9.97. The molecule has 2 aromatic rings. The average molecular weight is 192 g/mol. The number of aliphatic hydroxyl groups excluding tert-OH is 1. The molecule has 1 unspecified atom stereocenters. The zero-order valence-corrected chi connectivity index (χ0v) is 7.90. The van der Waals surface area contributed by atoms with Crippen molar-refractivity contribution < 1.29 is 9.52 Å². The van der Waals surface area contributed by atoms with Crippen molar-refractivity contribution in [2.75, 3.05) is 11.9 Å². The molecule has 0 saturated carbocycles. The molecule has 0 amide bonds. The van der Waals surface area contributed by atoms with Crippen molar-refractivity contribution in [3.8, 4) is 0 Å². The minimum Gasteiger partial charge on any atom is -0.464 e.